The first-order valence-corrected chi connectivity index (χ1v) is 7.01. The Bertz CT molecular complexity index is 540. The second-order valence-electron chi connectivity index (χ2n) is 5.61. The molecular weight excluding hydrogens is 256 g/mol. The number of hydrogen-bond donors (Lipinski definition) is 2. The summed E-state index contributed by atoms with van der Waals surface area (Å²) in [7, 11) is 1.61. The van der Waals surface area contributed by atoms with Gasteiger partial charge < -0.3 is 15.2 Å². The van der Waals surface area contributed by atoms with E-state index in [1.165, 1.54) is 0 Å². The summed E-state index contributed by atoms with van der Waals surface area (Å²) in [5.41, 5.74) is 7.43. The molecule has 3 rings (SSSR count). The Morgan fingerprint density at radius 3 is 2.85 bits per heavy atom. The molecule has 1 aliphatic carbocycles. The number of ether oxygens (including phenoxy) is 2. The Kier molecular flexibility index (Phi) is 3.30. The van der Waals surface area contributed by atoms with Crippen molar-refractivity contribution in [2.45, 2.75) is 44.4 Å². The van der Waals surface area contributed by atoms with Crippen LogP contribution in [0, 0.1) is 0 Å². The summed E-state index contributed by atoms with van der Waals surface area (Å²) in [6, 6.07) is 3.70. The monoisotopic (exact) mass is 276 g/mol. The molecule has 1 fully saturated rings. The molecule has 20 heavy (non-hydrogen) atoms. The zero-order valence-electron chi connectivity index (χ0n) is 11.8. The first-order chi connectivity index (χ1) is 9.58. The zero-order valence-corrected chi connectivity index (χ0v) is 11.8. The Labute approximate surface area is 118 Å². The molecule has 0 aromatic heterocycles. The highest BCUT2D eigenvalue weighted by atomic mass is 16.5. The maximum Gasteiger partial charge on any atom is 0.239 e. The van der Waals surface area contributed by atoms with Crippen molar-refractivity contribution in [2.75, 3.05) is 7.11 Å². The van der Waals surface area contributed by atoms with Gasteiger partial charge in [0.15, 0.2) is 0 Å². The largest absolute Gasteiger partial charge is 0.496 e. The van der Waals surface area contributed by atoms with Crippen molar-refractivity contribution in [1.29, 1.82) is 0 Å². The van der Waals surface area contributed by atoms with Gasteiger partial charge in [0.25, 0.3) is 0 Å². The fourth-order valence-electron chi connectivity index (χ4n) is 2.67. The van der Waals surface area contributed by atoms with Gasteiger partial charge in [-0.25, -0.2) is 0 Å². The summed E-state index contributed by atoms with van der Waals surface area (Å²) in [4.78, 5) is 11.8. The van der Waals surface area contributed by atoms with Crippen LogP contribution in [0.3, 0.4) is 0 Å². The highest BCUT2D eigenvalue weighted by molar-refractivity contribution is 5.82. The molecular formula is C15H20N2O3. The molecule has 0 spiro atoms. The Morgan fingerprint density at radius 1 is 1.50 bits per heavy atom. The summed E-state index contributed by atoms with van der Waals surface area (Å²) >= 11 is 0. The normalized spacial score (nSPS) is 22.0. The van der Waals surface area contributed by atoms with Crippen molar-refractivity contribution in [3.8, 4) is 11.5 Å². The van der Waals surface area contributed by atoms with Crippen LogP contribution >= 0.6 is 0 Å². The van der Waals surface area contributed by atoms with Crippen molar-refractivity contribution in [1.82, 2.24) is 5.32 Å². The molecule has 1 aromatic carbocycles. The number of nitrogens with two attached hydrogens (primary N) is 1. The molecule has 2 atom stereocenters. The predicted molar refractivity (Wildman–Crippen MR) is 74.9 cm³/mol. The minimum absolute atomic E-state index is 0.161. The van der Waals surface area contributed by atoms with E-state index < -0.39 is 6.04 Å². The molecule has 3 N–H and O–H groups in total. The zero-order chi connectivity index (χ0) is 14.3. The number of primary amides is 1. The van der Waals surface area contributed by atoms with Crippen molar-refractivity contribution >= 4 is 5.91 Å². The van der Waals surface area contributed by atoms with E-state index in [4.69, 9.17) is 15.2 Å². The standard InChI is InChI=1S/C15H20N2O3/c1-8-5-9-6-13(19-2)11(7-12(9)20-8)14(15(16)18)17-10-3-4-10/h6-8,10,14,17H,3-5H2,1-2H3,(H2,16,18). The van der Waals surface area contributed by atoms with Crippen molar-refractivity contribution < 1.29 is 14.3 Å². The average Bonchev–Trinajstić information content (AvgIpc) is 3.14. The topological polar surface area (TPSA) is 73.6 Å². The summed E-state index contributed by atoms with van der Waals surface area (Å²) < 4.78 is 11.2. The number of carbonyl (C=O) groups is 1. The second kappa shape index (κ2) is 4.98. The number of rotatable bonds is 5. The van der Waals surface area contributed by atoms with E-state index in [0.717, 1.165) is 36.1 Å². The summed E-state index contributed by atoms with van der Waals surface area (Å²) in [5.74, 6) is 1.14. The van der Waals surface area contributed by atoms with Crippen LogP contribution in [0.25, 0.3) is 0 Å². The van der Waals surface area contributed by atoms with Crippen LogP contribution in [0.1, 0.15) is 36.9 Å². The van der Waals surface area contributed by atoms with Crippen molar-refractivity contribution in [3.05, 3.63) is 23.3 Å². The average molecular weight is 276 g/mol. The molecule has 2 unspecified atom stereocenters. The van der Waals surface area contributed by atoms with Gasteiger partial charge in [0.2, 0.25) is 5.91 Å². The quantitative estimate of drug-likeness (QED) is 0.850. The number of methoxy groups -OCH3 is 1. The number of carbonyl (C=O) groups excluding carboxylic acids is 1. The maximum absolute atomic E-state index is 11.8. The number of nitrogens with one attached hydrogen (secondary N) is 1. The van der Waals surface area contributed by atoms with Gasteiger partial charge in [0.05, 0.1) is 7.11 Å². The summed E-state index contributed by atoms with van der Waals surface area (Å²) in [6.45, 7) is 2.03. The second-order valence-corrected chi connectivity index (χ2v) is 5.61. The van der Waals surface area contributed by atoms with Crippen molar-refractivity contribution in [2.24, 2.45) is 5.73 Å². The van der Waals surface area contributed by atoms with Crippen LogP contribution in [-0.4, -0.2) is 25.2 Å². The minimum atomic E-state index is -0.526. The fourth-order valence-corrected chi connectivity index (χ4v) is 2.67. The van der Waals surface area contributed by atoms with E-state index in [2.05, 4.69) is 5.32 Å². The van der Waals surface area contributed by atoms with Crippen LogP contribution < -0.4 is 20.5 Å². The Morgan fingerprint density at radius 2 is 2.25 bits per heavy atom. The van der Waals surface area contributed by atoms with Gasteiger partial charge in [-0.15, -0.1) is 0 Å². The van der Waals surface area contributed by atoms with Crippen molar-refractivity contribution in [3.63, 3.8) is 0 Å². The minimum Gasteiger partial charge on any atom is -0.496 e. The van der Waals surface area contributed by atoms with E-state index >= 15 is 0 Å². The van der Waals surface area contributed by atoms with Crippen LogP contribution in [0.15, 0.2) is 12.1 Å². The molecule has 5 heteroatoms. The van der Waals surface area contributed by atoms with Gasteiger partial charge in [-0.3, -0.25) is 10.1 Å². The number of amides is 1. The Balaban J connectivity index is 1.97. The number of fused-ring (bicyclic) bond motifs is 1. The molecule has 1 aliphatic heterocycles. The lowest BCUT2D eigenvalue weighted by atomic mass is 10.0. The van der Waals surface area contributed by atoms with Gasteiger partial charge in [-0.05, 0) is 31.9 Å². The van der Waals surface area contributed by atoms with Gasteiger partial charge >= 0.3 is 0 Å². The molecule has 108 valence electrons. The lowest BCUT2D eigenvalue weighted by Gasteiger charge is -2.19. The van der Waals surface area contributed by atoms with E-state index in [0.29, 0.717) is 11.8 Å². The smallest absolute Gasteiger partial charge is 0.239 e. The van der Waals surface area contributed by atoms with Crippen LogP contribution in [-0.2, 0) is 11.2 Å². The van der Waals surface area contributed by atoms with Crippen LogP contribution in [0.2, 0.25) is 0 Å². The molecule has 5 nitrogen and oxygen atoms in total. The van der Waals surface area contributed by atoms with Crippen LogP contribution in [0.4, 0.5) is 0 Å². The van der Waals surface area contributed by atoms with E-state index in [9.17, 15) is 4.79 Å². The number of hydrogen-bond acceptors (Lipinski definition) is 4. The van der Waals surface area contributed by atoms with Gasteiger partial charge in [-0.1, -0.05) is 0 Å². The van der Waals surface area contributed by atoms with Gasteiger partial charge in [0.1, 0.15) is 23.6 Å². The molecule has 0 bridgehead atoms. The van der Waals surface area contributed by atoms with E-state index in [1.807, 2.05) is 19.1 Å². The van der Waals surface area contributed by atoms with E-state index in [1.54, 1.807) is 7.11 Å². The Hall–Kier alpha value is -1.75. The van der Waals surface area contributed by atoms with Gasteiger partial charge in [-0.2, -0.15) is 0 Å². The number of benzene rings is 1. The molecule has 2 aliphatic rings. The summed E-state index contributed by atoms with van der Waals surface area (Å²) in [6.07, 6.45) is 3.20. The maximum atomic E-state index is 11.8. The highest BCUT2D eigenvalue weighted by Crippen LogP contribution is 2.38. The molecule has 1 amide bonds. The highest BCUT2D eigenvalue weighted by Gasteiger charge is 2.32. The molecule has 1 saturated carbocycles. The first-order valence-electron chi connectivity index (χ1n) is 7.01. The molecule has 0 saturated heterocycles. The third-order valence-corrected chi connectivity index (χ3v) is 3.82. The third kappa shape index (κ3) is 2.45. The lowest BCUT2D eigenvalue weighted by Crippen LogP contribution is -2.35. The predicted octanol–water partition coefficient (Wildman–Crippen LogP) is 1.30. The van der Waals surface area contributed by atoms with Gasteiger partial charge in [0, 0.05) is 23.6 Å². The summed E-state index contributed by atoms with van der Waals surface area (Å²) in [5, 5.41) is 3.27. The SMILES string of the molecule is COc1cc2c(cc1C(NC1CC1)C(N)=O)OC(C)C2. The fraction of sp³-hybridized carbons (Fsp3) is 0.533. The van der Waals surface area contributed by atoms with E-state index in [-0.39, 0.29) is 12.0 Å². The van der Waals surface area contributed by atoms with Crippen LogP contribution in [0.5, 0.6) is 11.5 Å². The first kappa shape index (κ1) is 13.2. The lowest BCUT2D eigenvalue weighted by molar-refractivity contribution is -0.120. The molecule has 1 heterocycles. The third-order valence-electron chi connectivity index (χ3n) is 3.82. The molecule has 1 aromatic rings. The molecule has 0 radical (unpaired) electrons.